The lowest BCUT2D eigenvalue weighted by atomic mass is 10.2. The summed E-state index contributed by atoms with van der Waals surface area (Å²) in [5, 5.41) is 9.74. The summed E-state index contributed by atoms with van der Waals surface area (Å²) in [6.45, 7) is 1.69. The van der Waals surface area contributed by atoms with E-state index in [0.29, 0.717) is 20.8 Å². The van der Waals surface area contributed by atoms with Crippen LogP contribution in [0.1, 0.15) is 11.3 Å². The number of aromatic nitrogens is 2. The van der Waals surface area contributed by atoms with E-state index in [4.69, 9.17) is 0 Å². The van der Waals surface area contributed by atoms with Crippen molar-refractivity contribution in [2.45, 2.75) is 6.92 Å². The van der Waals surface area contributed by atoms with Crippen molar-refractivity contribution in [2.75, 3.05) is 0 Å². The van der Waals surface area contributed by atoms with Gasteiger partial charge in [-0.2, -0.15) is 4.98 Å². The lowest BCUT2D eigenvalue weighted by Gasteiger charge is -1.95. The van der Waals surface area contributed by atoms with Crippen LogP contribution in [0.2, 0.25) is 0 Å². The van der Waals surface area contributed by atoms with Crippen LogP contribution in [0.15, 0.2) is 39.9 Å². The summed E-state index contributed by atoms with van der Waals surface area (Å²) < 4.78 is 1.82. The molecule has 0 saturated carbocycles. The number of para-hydroxylation sites is 1. The normalized spacial score (nSPS) is 12.2. The molecule has 2 aromatic heterocycles. The van der Waals surface area contributed by atoms with Crippen molar-refractivity contribution in [2.24, 2.45) is 0 Å². The van der Waals surface area contributed by atoms with Crippen molar-refractivity contribution in [3.05, 3.63) is 66.8 Å². The van der Waals surface area contributed by atoms with Gasteiger partial charge in [-0.3, -0.25) is 14.0 Å². The Balaban J connectivity index is 2.37. The summed E-state index contributed by atoms with van der Waals surface area (Å²) in [4.78, 5) is 27.9. The number of benzene rings is 1. The molecule has 0 aliphatic rings. The van der Waals surface area contributed by atoms with E-state index in [9.17, 15) is 14.7 Å². The van der Waals surface area contributed by atoms with Crippen LogP contribution in [-0.2, 0) is 0 Å². The maximum Gasteiger partial charge on any atom is 0.274 e. The van der Waals surface area contributed by atoms with Crippen LogP contribution in [0.5, 0.6) is 5.75 Å². The van der Waals surface area contributed by atoms with Crippen molar-refractivity contribution in [1.82, 2.24) is 9.38 Å². The molecule has 3 rings (SSSR count). The Morgan fingerprint density at radius 2 is 2.05 bits per heavy atom. The molecular formula is C14H10N2O3S. The number of fused-ring (bicyclic) bond motifs is 1. The Morgan fingerprint density at radius 3 is 2.80 bits per heavy atom. The van der Waals surface area contributed by atoms with Gasteiger partial charge in [0.05, 0.1) is 4.53 Å². The fourth-order valence-electron chi connectivity index (χ4n) is 1.98. The minimum Gasteiger partial charge on any atom is -0.507 e. The fraction of sp³-hybridized carbons (Fsp3) is 0.0714. The average molecular weight is 286 g/mol. The minimum absolute atomic E-state index is 0.101. The van der Waals surface area contributed by atoms with E-state index in [2.05, 4.69) is 4.98 Å². The quantitative estimate of drug-likeness (QED) is 0.714. The van der Waals surface area contributed by atoms with Crippen LogP contribution >= 0.6 is 11.3 Å². The summed E-state index contributed by atoms with van der Waals surface area (Å²) in [6, 6.07) is 8.07. The third-order valence-electron chi connectivity index (χ3n) is 2.92. The maximum atomic E-state index is 12.3. The van der Waals surface area contributed by atoms with Gasteiger partial charge in [0, 0.05) is 17.3 Å². The standard InChI is InChI=1S/C14H10N2O3S/c1-8-6-12(18)15-14-16(8)13(19)11(20-14)7-9-4-2-3-5-10(9)17/h2-7,17H,1H3. The van der Waals surface area contributed by atoms with Gasteiger partial charge in [0.1, 0.15) is 5.75 Å². The van der Waals surface area contributed by atoms with E-state index in [1.165, 1.54) is 10.5 Å². The number of hydrogen-bond donors (Lipinski definition) is 1. The molecule has 20 heavy (non-hydrogen) atoms. The van der Waals surface area contributed by atoms with Crippen LogP contribution in [0.4, 0.5) is 0 Å². The monoisotopic (exact) mass is 286 g/mol. The molecule has 6 heteroatoms. The highest BCUT2D eigenvalue weighted by Gasteiger charge is 2.08. The molecule has 1 aromatic carbocycles. The molecule has 0 atom stereocenters. The summed E-state index contributed by atoms with van der Waals surface area (Å²) in [6.07, 6.45) is 1.60. The average Bonchev–Trinajstić information content (AvgIpc) is 2.69. The van der Waals surface area contributed by atoms with Crippen molar-refractivity contribution >= 4 is 22.4 Å². The number of aryl methyl sites for hydroxylation is 1. The number of hydrogen-bond acceptors (Lipinski definition) is 5. The molecule has 0 unspecified atom stereocenters. The Labute approximate surface area is 117 Å². The minimum atomic E-state index is -0.363. The van der Waals surface area contributed by atoms with Gasteiger partial charge < -0.3 is 5.11 Å². The molecule has 0 spiro atoms. The first kappa shape index (κ1) is 12.6. The first-order valence-electron chi connectivity index (χ1n) is 5.89. The van der Waals surface area contributed by atoms with Gasteiger partial charge in [0.15, 0.2) is 0 Å². The van der Waals surface area contributed by atoms with Crippen LogP contribution in [0.25, 0.3) is 11.0 Å². The molecule has 5 nitrogen and oxygen atoms in total. The number of aromatic hydroxyl groups is 1. The largest absolute Gasteiger partial charge is 0.507 e. The lowest BCUT2D eigenvalue weighted by molar-refractivity contribution is 0.474. The van der Waals surface area contributed by atoms with Crippen LogP contribution in [-0.4, -0.2) is 14.5 Å². The van der Waals surface area contributed by atoms with Crippen LogP contribution in [0, 0.1) is 6.92 Å². The molecule has 0 aliphatic heterocycles. The molecule has 0 bridgehead atoms. The Hall–Kier alpha value is -2.47. The van der Waals surface area contributed by atoms with Crippen LogP contribution < -0.4 is 15.7 Å². The summed E-state index contributed by atoms with van der Waals surface area (Å²) in [5.74, 6) is 0.101. The van der Waals surface area contributed by atoms with E-state index in [1.54, 1.807) is 37.3 Å². The molecule has 2 heterocycles. The highest BCUT2D eigenvalue weighted by molar-refractivity contribution is 7.15. The van der Waals surface area contributed by atoms with Crippen molar-refractivity contribution in [3.63, 3.8) is 0 Å². The topological polar surface area (TPSA) is 71.7 Å². The number of rotatable bonds is 1. The van der Waals surface area contributed by atoms with E-state index in [-0.39, 0.29) is 16.9 Å². The zero-order valence-corrected chi connectivity index (χ0v) is 11.3. The van der Waals surface area contributed by atoms with Gasteiger partial charge in [0.2, 0.25) is 4.96 Å². The highest BCUT2D eigenvalue weighted by Crippen LogP contribution is 2.16. The molecule has 0 fully saturated rings. The summed E-state index contributed by atoms with van der Waals surface area (Å²) in [5.41, 5.74) is 0.506. The second-order valence-corrected chi connectivity index (χ2v) is 5.34. The number of phenolic OH excluding ortho intramolecular Hbond substituents is 1. The molecule has 3 aromatic rings. The Kier molecular flexibility index (Phi) is 2.87. The smallest absolute Gasteiger partial charge is 0.274 e. The van der Waals surface area contributed by atoms with Crippen molar-refractivity contribution in [1.29, 1.82) is 0 Å². The number of nitrogens with zero attached hydrogens (tertiary/aromatic N) is 2. The van der Waals surface area contributed by atoms with Gasteiger partial charge in [-0.1, -0.05) is 29.5 Å². The number of phenols is 1. The second-order valence-electron chi connectivity index (χ2n) is 4.33. The predicted molar refractivity (Wildman–Crippen MR) is 77.2 cm³/mol. The van der Waals surface area contributed by atoms with Gasteiger partial charge in [-0.05, 0) is 19.1 Å². The van der Waals surface area contributed by atoms with Crippen molar-refractivity contribution in [3.8, 4) is 5.75 Å². The summed E-state index contributed by atoms with van der Waals surface area (Å²) in [7, 11) is 0. The Morgan fingerprint density at radius 1 is 1.30 bits per heavy atom. The molecular weight excluding hydrogens is 276 g/mol. The zero-order valence-electron chi connectivity index (χ0n) is 10.5. The third kappa shape index (κ3) is 2.00. The van der Waals surface area contributed by atoms with E-state index in [1.807, 2.05) is 0 Å². The fourth-order valence-corrected chi connectivity index (χ4v) is 3.00. The van der Waals surface area contributed by atoms with Gasteiger partial charge >= 0.3 is 0 Å². The van der Waals surface area contributed by atoms with Crippen molar-refractivity contribution < 1.29 is 5.11 Å². The van der Waals surface area contributed by atoms with Gasteiger partial charge in [-0.15, -0.1) is 0 Å². The second kappa shape index (κ2) is 4.57. The molecule has 0 amide bonds. The molecule has 100 valence electrons. The van der Waals surface area contributed by atoms with Crippen LogP contribution in [0.3, 0.4) is 0 Å². The first-order chi connectivity index (χ1) is 9.56. The molecule has 0 radical (unpaired) electrons. The van der Waals surface area contributed by atoms with Gasteiger partial charge in [0.25, 0.3) is 11.1 Å². The number of thiazole rings is 1. The maximum absolute atomic E-state index is 12.3. The van der Waals surface area contributed by atoms with E-state index < -0.39 is 0 Å². The predicted octanol–water partition coefficient (Wildman–Crippen LogP) is 0.678. The highest BCUT2D eigenvalue weighted by atomic mass is 32.1. The van der Waals surface area contributed by atoms with E-state index in [0.717, 1.165) is 11.3 Å². The third-order valence-corrected chi connectivity index (χ3v) is 3.89. The van der Waals surface area contributed by atoms with Gasteiger partial charge in [-0.25, -0.2) is 0 Å². The molecule has 0 aliphatic carbocycles. The summed E-state index contributed by atoms with van der Waals surface area (Å²) >= 11 is 1.13. The molecule has 0 saturated heterocycles. The zero-order chi connectivity index (χ0) is 14.3. The SMILES string of the molecule is Cc1cc(=O)nc2sc(=Cc3ccccc3O)c(=O)n12. The molecule has 1 N–H and O–H groups in total. The van der Waals surface area contributed by atoms with E-state index >= 15 is 0 Å². The lowest BCUT2D eigenvalue weighted by Crippen LogP contribution is -2.25. The Bertz CT molecular complexity index is 972. The first-order valence-corrected chi connectivity index (χ1v) is 6.71.